The van der Waals surface area contributed by atoms with Crippen molar-refractivity contribution in [1.29, 1.82) is 0 Å². The smallest absolute Gasteiger partial charge is 0.258 e. The number of thiazole rings is 1. The summed E-state index contributed by atoms with van der Waals surface area (Å²) in [6, 6.07) is 6.55. The maximum Gasteiger partial charge on any atom is 0.258 e. The first-order chi connectivity index (χ1) is 12.4. The minimum Gasteiger partial charge on any atom is -0.368 e. The fourth-order valence-electron chi connectivity index (χ4n) is 2.73. The number of benzene rings is 1. The number of carbonyl (C=O) groups is 1. The molecule has 1 saturated heterocycles. The molecular weight excluding hydrogens is 372 g/mol. The van der Waals surface area contributed by atoms with E-state index in [1.807, 2.05) is 5.38 Å². The van der Waals surface area contributed by atoms with Crippen molar-refractivity contribution >= 4 is 32.2 Å². The van der Waals surface area contributed by atoms with Gasteiger partial charge in [0.25, 0.3) is 5.91 Å². The summed E-state index contributed by atoms with van der Waals surface area (Å²) in [7, 11) is -3.23. The molecule has 8 heteroatoms. The van der Waals surface area contributed by atoms with Crippen LogP contribution in [0.2, 0.25) is 0 Å². The molecule has 2 aromatic rings. The van der Waals surface area contributed by atoms with Gasteiger partial charge < -0.3 is 4.74 Å². The van der Waals surface area contributed by atoms with Crippen molar-refractivity contribution in [3.05, 3.63) is 42.3 Å². The SMILES string of the molecule is C=CCN(C(=O)[C@H]1CCCO1)c1nc(-c2ccc(S(C)(=O)=O)cc2)cs1. The first-order valence-corrected chi connectivity index (χ1v) is 11.0. The van der Waals surface area contributed by atoms with E-state index in [2.05, 4.69) is 11.6 Å². The van der Waals surface area contributed by atoms with Crippen LogP contribution in [0.4, 0.5) is 5.13 Å². The molecule has 0 unspecified atom stereocenters. The minimum atomic E-state index is -3.23. The number of hydrogen-bond donors (Lipinski definition) is 0. The maximum atomic E-state index is 12.7. The Hall–Kier alpha value is -2.03. The molecule has 1 amide bonds. The summed E-state index contributed by atoms with van der Waals surface area (Å²) in [5.41, 5.74) is 1.49. The number of rotatable bonds is 6. The van der Waals surface area contributed by atoms with Gasteiger partial charge in [0.05, 0.1) is 10.6 Å². The Morgan fingerprint density at radius 2 is 2.15 bits per heavy atom. The number of carbonyl (C=O) groups excluding carboxylic acids is 1. The number of sulfone groups is 1. The highest BCUT2D eigenvalue weighted by atomic mass is 32.2. The van der Waals surface area contributed by atoms with Gasteiger partial charge in [-0.3, -0.25) is 9.69 Å². The van der Waals surface area contributed by atoms with Gasteiger partial charge in [0.1, 0.15) is 6.10 Å². The summed E-state index contributed by atoms with van der Waals surface area (Å²) in [5.74, 6) is -0.101. The van der Waals surface area contributed by atoms with Crippen LogP contribution in [0.3, 0.4) is 0 Å². The molecule has 26 heavy (non-hydrogen) atoms. The van der Waals surface area contributed by atoms with E-state index in [9.17, 15) is 13.2 Å². The topological polar surface area (TPSA) is 76.6 Å². The molecule has 0 N–H and O–H groups in total. The average molecular weight is 393 g/mol. The predicted molar refractivity (Wildman–Crippen MR) is 102 cm³/mol. The monoisotopic (exact) mass is 392 g/mol. The predicted octanol–water partition coefficient (Wildman–Crippen LogP) is 2.91. The van der Waals surface area contributed by atoms with Gasteiger partial charge in [-0.2, -0.15) is 0 Å². The molecule has 0 spiro atoms. The molecule has 0 aliphatic carbocycles. The summed E-state index contributed by atoms with van der Waals surface area (Å²) >= 11 is 1.36. The highest BCUT2D eigenvalue weighted by Crippen LogP contribution is 2.29. The molecular formula is C18H20N2O4S2. The van der Waals surface area contributed by atoms with E-state index < -0.39 is 15.9 Å². The quantitative estimate of drug-likeness (QED) is 0.707. The van der Waals surface area contributed by atoms with Gasteiger partial charge in [-0.1, -0.05) is 18.2 Å². The van der Waals surface area contributed by atoms with E-state index in [-0.39, 0.29) is 10.8 Å². The van der Waals surface area contributed by atoms with Crippen LogP contribution in [0.1, 0.15) is 12.8 Å². The Morgan fingerprint density at radius 3 is 2.73 bits per heavy atom. The van der Waals surface area contributed by atoms with Crippen molar-refractivity contribution in [3.8, 4) is 11.3 Å². The standard InChI is InChI=1S/C18H20N2O4S2/c1-3-10-20(17(21)16-5-4-11-24-16)18-19-15(12-25-18)13-6-8-14(9-7-13)26(2,22)23/h3,6-9,12,16H,1,4-5,10-11H2,2H3/t16-/m1/s1. The zero-order valence-corrected chi connectivity index (χ0v) is 16.1. The third kappa shape index (κ3) is 4.03. The van der Waals surface area contributed by atoms with Gasteiger partial charge in [0.2, 0.25) is 0 Å². The normalized spacial score (nSPS) is 17.2. The van der Waals surface area contributed by atoms with Crippen LogP contribution in [0.15, 0.2) is 47.2 Å². The molecule has 138 valence electrons. The molecule has 1 fully saturated rings. The molecule has 0 saturated carbocycles. The van der Waals surface area contributed by atoms with Crippen molar-refractivity contribution in [2.75, 3.05) is 24.3 Å². The second-order valence-corrected chi connectivity index (χ2v) is 8.90. The summed E-state index contributed by atoms with van der Waals surface area (Å²) in [4.78, 5) is 19.1. The number of nitrogens with zero attached hydrogens (tertiary/aromatic N) is 2. The molecule has 0 bridgehead atoms. The number of hydrogen-bond acceptors (Lipinski definition) is 6. The molecule has 1 atom stereocenters. The molecule has 3 rings (SSSR count). The highest BCUT2D eigenvalue weighted by molar-refractivity contribution is 7.90. The lowest BCUT2D eigenvalue weighted by atomic mass is 10.2. The van der Waals surface area contributed by atoms with Gasteiger partial charge in [-0.25, -0.2) is 13.4 Å². The average Bonchev–Trinajstić information content (AvgIpc) is 3.30. The highest BCUT2D eigenvalue weighted by Gasteiger charge is 2.30. The molecule has 1 aromatic carbocycles. The second kappa shape index (κ2) is 7.69. The zero-order chi connectivity index (χ0) is 18.7. The van der Waals surface area contributed by atoms with E-state index in [4.69, 9.17) is 4.74 Å². The summed E-state index contributed by atoms with van der Waals surface area (Å²) in [6.45, 7) is 4.68. The summed E-state index contributed by atoms with van der Waals surface area (Å²) in [5, 5.41) is 2.43. The van der Waals surface area contributed by atoms with E-state index >= 15 is 0 Å². The number of anilines is 1. The van der Waals surface area contributed by atoms with Crippen LogP contribution in [0.25, 0.3) is 11.3 Å². The van der Waals surface area contributed by atoms with Crippen LogP contribution in [0, 0.1) is 0 Å². The third-order valence-electron chi connectivity index (χ3n) is 4.08. The second-order valence-electron chi connectivity index (χ2n) is 6.05. The maximum absolute atomic E-state index is 12.7. The Kier molecular flexibility index (Phi) is 5.55. The van der Waals surface area contributed by atoms with Gasteiger partial charge >= 0.3 is 0 Å². The number of ether oxygens (including phenoxy) is 1. The Bertz CT molecular complexity index is 898. The van der Waals surface area contributed by atoms with Crippen LogP contribution in [0.5, 0.6) is 0 Å². The largest absolute Gasteiger partial charge is 0.368 e. The fraction of sp³-hybridized carbons (Fsp3) is 0.333. The molecule has 0 radical (unpaired) electrons. The van der Waals surface area contributed by atoms with Crippen LogP contribution >= 0.6 is 11.3 Å². The molecule has 1 aromatic heterocycles. The lowest BCUT2D eigenvalue weighted by Crippen LogP contribution is -2.39. The number of aromatic nitrogens is 1. The van der Waals surface area contributed by atoms with Gasteiger partial charge in [-0.05, 0) is 25.0 Å². The summed E-state index contributed by atoms with van der Waals surface area (Å²) in [6.07, 6.45) is 4.02. The lowest BCUT2D eigenvalue weighted by Gasteiger charge is -2.21. The van der Waals surface area contributed by atoms with Crippen molar-refractivity contribution in [2.24, 2.45) is 0 Å². The van der Waals surface area contributed by atoms with E-state index in [1.165, 1.54) is 17.6 Å². The first kappa shape index (κ1) is 18.8. The van der Waals surface area contributed by atoms with Crippen molar-refractivity contribution < 1.29 is 17.9 Å². The van der Waals surface area contributed by atoms with Gasteiger partial charge in [0.15, 0.2) is 15.0 Å². The van der Waals surface area contributed by atoms with Crippen molar-refractivity contribution in [1.82, 2.24) is 4.98 Å². The van der Waals surface area contributed by atoms with Gasteiger partial charge in [0, 0.05) is 30.4 Å². The summed E-state index contributed by atoms with van der Waals surface area (Å²) < 4.78 is 28.6. The van der Waals surface area contributed by atoms with Gasteiger partial charge in [-0.15, -0.1) is 17.9 Å². The zero-order valence-electron chi connectivity index (χ0n) is 14.4. The minimum absolute atomic E-state index is 0.101. The fourth-order valence-corrected chi connectivity index (χ4v) is 4.21. The molecule has 6 nitrogen and oxygen atoms in total. The lowest BCUT2D eigenvalue weighted by molar-refractivity contribution is -0.127. The van der Waals surface area contributed by atoms with Crippen LogP contribution in [-0.4, -0.2) is 44.8 Å². The van der Waals surface area contributed by atoms with E-state index in [1.54, 1.807) is 35.2 Å². The molecule has 1 aliphatic rings. The van der Waals surface area contributed by atoms with Crippen LogP contribution < -0.4 is 4.90 Å². The Balaban J connectivity index is 1.84. The Morgan fingerprint density at radius 1 is 1.42 bits per heavy atom. The number of amides is 1. The first-order valence-electron chi connectivity index (χ1n) is 8.20. The van der Waals surface area contributed by atoms with E-state index in [0.29, 0.717) is 24.0 Å². The van der Waals surface area contributed by atoms with E-state index in [0.717, 1.165) is 18.4 Å². The van der Waals surface area contributed by atoms with Crippen LogP contribution in [-0.2, 0) is 19.4 Å². The third-order valence-corrected chi connectivity index (χ3v) is 6.08. The molecule has 2 heterocycles. The van der Waals surface area contributed by atoms with Crippen molar-refractivity contribution in [3.63, 3.8) is 0 Å². The Labute approximate surface area is 157 Å². The molecule has 1 aliphatic heterocycles. The van der Waals surface area contributed by atoms with Crippen molar-refractivity contribution in [2.45, 2.75) is 23.8 Å².